The van der Waals surface area contributed by atoms with Gasteiger partial charge in [-0.05, 0) is 18.3 Å². The van der Waals surface area contributed by atoms with Crippen LogP contribution in [0.4, 0.5) is 0 Å². The predicted octanol–water partition coefficient (Wildman–Crippen LogP) is 6.82. The van der Waals surface area contributed by atoms with Crippen molar-refractivity contribution in [2.75, 3.05) is 12.3 Å². The summed E-state index contributed by atoms with van der Waals surface area (Å²) < 4.78 is 30.0. The van der Waals surface area contributed by atoms with Gasteiger partial charge in [-0.2, -0.15) is 0 Å². The Labute approximate surface area is 210 Å². The van der Waals surface area contributed by atoms with Crippen LogP contribution in [0.5, 0.6) is 0 Å². The molecule has 35 heavy (non-hydrogen) atoms. The summed E-state index contributed by atoms with van der Waals surface area (Å²) in [4.78, 5) is 0. The summed E-state index contributed by atoms with van der Waals surface area (Å²) in [7, 11) is -5.94. The Morgan fingerprint density at radius 2 is 0.686 bits per heavy atom. The Morgan fingerprint density at radius 3 is 0.886 bits per heavy atom. The van der Waals surface area contributed by atoms with Gasteiger partial charge in [-0.3, -0.25) is 0 Å². The van der Waals surface area contributed by atoms with Gasteiger partial charge in [0.2, 0.25) is 0 Å². The van der Waals surface area contributed by atoms with E-state index >= 15 is 9.13 Å². The van der Waals surface area contributed by atoms with E-state index in [1.54, 1.807) is 0 Å². The topological polar surface area (TPSA) is 34.1 Å². The van der Waals surface area contributed by atoms with Crippen molar-refractivity contribution in [2.24, 2.45) is 5.41 Å². The molecule has 0 radical (unpaired) electrons. The lowest BCUT2D eigenvalue weighted by molar-refractivity contribution is 0.343. The predicted molar refractivity (Wildman–Crippen MR) is 152 cm³/mol. The van der Waals surface area contributed by atoms with Gasteiger partial charge in [0.1, 0.15) is 14.3 Å². The Hall–Kier alpha value is -2.66. The maximum atomic E-state index is 15.0. The van der Waals surface area contributed by atoms with Gasteiger partial charge < -0.3 is 9.13 Å². The molecule has 0 unspecified atom stereocenters. The smallest absolute Gasteiger partial charge is 0.143 e. The SMILES string of the molecule is CCC(CC)(CP(=O)(c1ccccc1)c1ccccc1)CP(=O)(c1ccccc1)c1ccccc1. The molecule has 0 heterocycles. The lowest BCUT2D eigenvalue weighted by atomic mass is 9.87. The normalized spacial score (nSPS) is 12.4. The second kappa shape index (κ2) is 10.9. The number of benzene rings is 4. The molecule has 0 aliphatic rings. The largest absolute Gasteiger partial charge is 0.314 e. The molecule has 0 bridgehead atoms. The van der Waals surface area contributed by atoms with E-state index in [0.717, 1.165) is 34.1 Å². The van der Waals surface area contributed by atoms with Crippen LogP contribution in [0.3, 0.4) is 0 Å². The molecule has 0 aliphatic carbocycles. The van der Waals surface area contributed by atoms with E-state index in [9.17, 15) is 0 Å². The lowest BCUT2D eigenvalue weighted by Crippen LogP contribution is -2.36. The Bertz CT molecular complexity index is 1110. The van der Waals surface area contributed by atoms with Crippen LogP contribution in [0.15, 0.2) is 121 Å². The van der Waals surface area contributed by atoms with Crippen LogP contribution in [-0.2, 0) is 9.13 Å². The molecule has 4 heteroatoms. The molecule has 0 saturated heterocycles. The molecule has 0 aliphatic heterocycles. The molecular weight excluding hydrogens is 466 g/mol. The van der Waals surface area contributed by atoms with Gasteiger partial charge >= 0.3 is 0 Å². The fourth-order valence-corrected chi connectivity index (χ4v) is 12.2. The van der Waals surface area contributed by atoms with Crippen LogP contribution in [0, 0.1) is 5.41 Å². The molecule has 2 nitrogen and oxygen atoms in total. The summed E-state index contributed by atoms with van der Waals surface area (Å²) in [6.45, 7) is 4.31. The third kappa shape index (κ3) is 5.30. The molecule has 4 rings (SSSR count). The maximum Gasteiger partial charge on any atom is 0.143 e. The number of rotatable bonds is 10. The summed E-state index contributed by atoms with van der Waals surface area (Å²) in [5.41, 5.74) is -0.359. The van der Waals surface area contributed by atoms with Crippen LogP contribution in [0.1, 0.15) is 26.7 Å². The Balaban J connectivity index is 1.85. The van der Waals surface area contributed by atoms with Crippen molar-refractivity contribution in [3.63, 3.8) is 0 Å². The van der Waals surface area contributed by atoms with Crippen LogP contribution in [-0.4, -0.2) is 12.3 Å². The highest BCUT2D eigenvalue weighted by atomic mass is 31.2. The second-order valence-corrected chi connectivity index (χ2v) is 15.0. The molecule has 0 saturated carbocycles. The minimum atomic E-state index is -2.97. The summed E-state index contributed by atoms with van der Waals surface area (Å²) in [5, 5.41) is 3.47. The van der Waals surface area contributed by atoms with E-state index in [2.05, 4.69) is 13.8 Å². The van der Waals surface area contributed by atoms with E-state index in [-0.39, 0.29) is 5.41 Å². The van der Waals surface area contributed by atoms with Crippen molar-refractivity contribution in [3.05, 3.63) is 121 Å². The van der Waals surface area contributed by atoms with E-state index in [4.69, 9.17) is 0 Å². The molecule has 4 aromatic rings. The molecule has 0 spiro atoms. The van der Waals surface area contributed by atoms with Crippen LogP contribution in [0.25, 0.3) is 0 Å². The van der Waals surface area contributed by atoms with E-state index in [0.29, 0.717) is 12.3 Å². The Morgan fingerprint density at radius 1 is 0.457 bits per heavy atom. The molecule has 180 valence electrons. The van der Waals surface area contributed by atoms with Crippen molar-refractivity contribution in [1.29, 1.82) is 0 Å². The van der Waals surface area contributed by atoms with Crippen molar-refractivity contribution in [2.45, 2.75) is 26.7 Å². The highest BCUT2D eigenvalue weighted by Gasteiger charge is 2.43. The molecule has 0 N–H and O–H groups in total. The molecular formula is C31H34O2P2. The third-order valence-electron chi connectivity index (χ3n) is 7.31. The standard InChI is InChI=1S/C31H34O2P2/c1-3-31(4-2,25-34(32,27-17-9-5-10-18-27)28-19-11-6-12-20-28)26-35(33,29-21-13-7-14-22-29)30-23-15-8-16-24-30/h5-24H,3-4,25-26H2,1-2H3. The van der Waals surface area contributed by atoms with Crippen molar-refractivity contribution >= 4 is 35.5 Å². The highest BCUT2D eigenvalue weighted by Crippen LogP contribution is 2.57. The average Bonchev–Trinajstić information content (AvgIpc) is 2.94. The zero-order valence-corrected chi connectivity index (χ0v) is 22.4. The van der Waals surface area contributed by atoms with Gasteiger partial charge in [0.15, 0.2) is 0 Å². The van der Waals surface area contributed by atoms with Gasteiger partial charge in [-0.1, -0.05) is 135 Å². The summed E-state index contributed by atoms with van der Waals surface area (Å²) >= 11 is 0. The van der Waals surface area contributed by atoms with Crippen molar-refractivity contribution in [1.82, 2.24) is 0 Å². The van der Waals surface area contributed by atoms with Crippen LogP contribution >= 0.6 is 14.3 Å². The summed E-state index contributed by atoms with van der Waals surface area (Å²) in [5.74, 6) is 0. The van der Waals surface area contributed by atoms with Crippen LogP contribution < -0.4 is 21.2 Å². The molecule has 4 aromatic carbocycles. The third-order valence-corrected chi connectivity index (χ3v) is 14.1. The second-order valence-electron chi connectivity index (χ2n) is 9.34. The average molecular weight is 501 g/mol. The first-order valence-electron chi connectivity index (χ1n) is 12.4. The maximum absolute atomic E-state index is 15.0. The zero-order valence-electron chi connectivity index (χ0n) is 20.6. The van der Waals surface area contributed by atoms with E-state index in [1.165, 1.54) is 0 Å². The quantitative estimate of drug-likeness (QED) is 0.224. The van der Waals surface area contributed by atoms with Crippen molar-refractivity contribution < 1.29 is 9.13 Å². The summed E-state index contributed by atoms with van der Waals surface area (Å²) in [6.07, 6.45) is 2.59. The minimum absolute atomic E-state index is 0.359. The first-order chi connectivity index (χ1) is 17.0. The first kappa shape index (κ1) is 25.4. The number of hydrogen-bond donors (Lipinski definition) is 0. The lowest BCUT2D eigenvalue weighted by Gasteiger charge is -2.38. The molecule has 0 amide bonds. The van der Waals surface area contributed by atoms with Crippen LogP contribution in [0.2, 0.25) is 0 Å². The summed E-state index contributed by atoms with van der Waals surface area (Å²) in [6, 6.07) is 39.4. The van der Waals surface area contributed by atoms with E-state index in [1.807, 2.05) is 121 Å². The Kier molecular flexibility index (Phi) is 7.95. The van der Waals surface area contributed by atoms with Crippen molar-refractivity contribution in [3.8, 4) is 0 Å². The minimum Gasteiger partial charge on any atom is -0.314 e. The van der Waals surface area contributed by atoms with Gasteiger partial charge in [-0.25, -0.2) is 0 Å². The monoisotopic (exact) mass is 500 g/mol. The highest BCUT2D eigenvalue weighted by molar-refractivity contribution is 7.79. The fraction of sp³-hybridized carbons (Fsp3) is 0.226. The molecule has 0 aromatic heterocycles. The molecule has 0 atom stereocenters. The fourth-order valence-electron chi connectivity index (χ4n) is 5.03. The van der Waals surface area contributed by atoms with E-state index < -0.39 is 14.3 Å². The van der Waals surface area contributed by atoms with Gasteiger partial charge in [0.25, 0.3) is 0 Å². The van der Waals surface area contributed by atoms with Gasteiger partial charge in [0, 0.05) is 33.5 Å². The first-order valence-corrected chi connectivity index (χ1v) is 16.1. The van der Waals surface area contributed by atoms with Gasteiger partial charge in [-0.15, -0.1) is 0 Å². The molecule has 0 fully saturated rings. The van der Waals surface area contributed by atoms with Gasteiger partial charge in [0.05, 0.1) is 0 Å². The number of hydrogen-bond acceptors (Lipinski definition) is 2. The zero-order chi connectivity index (χ0) is 24.8.